The first-order valence-corrected chi connectivity index (χ1v) is 12.6. The maximum Gasteiger partial charge on any atom is 0.318 e. The number of rotatable bonds is 9. The number of carbonyl (C=O) groups excluding carboxylic acids is 2. The average molecular weight is 529 g/mol. The van der Waals surface area contributed by atoms with E-state index in [2.05, 4.69) is 32.3 Å². The predicted molar refractivity (Wildman–Crippen MR) is 151 cm³/mol. The van der Waals surface area contributed by atoms with Gasteiger partial charge < -0.3 is 25.2 Å². The number of nitrogens with one attached hydrogen (secondary N) is 3. The van der Waals surface area contributed by atoms with Gasteiger partial charge in [0.05, 0.1) is 17.8 Å². The molecule has 9 nitrogen and oxygen atoms in total. The molecule has 0 unspecified atom stereocenters. The van der Waals surface area contributed by atoms with E-state index >= 15 is 0 Å². The lowest BCUT2D eigenvalue weighted by Gasteiger charge is -2.37. The molecule has 202 valence electrons. The van der Waals surface area contributed by atoms with Gasteiger partial charge in [-0.05, 0) is 70.5 Å². The fourth-order valence-corrected chi connectivity index (χ4v) is 5.12. The Morgan fingerprint density at radius 3 is 2.57 bits per heavy atom. The van der Waals surface area contributed by atoms with Crippen molar-refractivity contribution < 1.29 is 14.3 Å². The zero-order valence-corrected chi connectivity index (χ0v) is 23.3. The highest BCUT2D eigenvalue weighted by molar-refractivity contribution is 7.59. The summed E-state index contributed by atoms with van der Waals surface area (Å²) < 4.78 is 5.54. The highest BCUT2D eigenvalue weighted by atomic mass is 32.1. The summed E-state index contributed by atoms with van der Waals surface area (Å²) in [4.78, 5) is 29.2. The average Bonchev–Trinajstić information content (AvgIpc) is 3.37. The summed E-state index contributed by atoms with van der Waals surface area (Å²) >= 11 is 0. The van der Waals surface area contributed by atoms with E-state index in [1.54, 1.807) is 0 Å². The lowest BCUT2D eigenvalue weighted by molar-refractivity contribution is -0.114. The molecule has 2 aliphatic rings. The molecule has 10 heteroatoms. The molecule has 0 aliphatic carbocycles. The molecule has 1 atom stereocenters. The van der Waals surface area contributed by atoms with Crippen molar-refractivity contribution in [1.29, 1.82) is 0 Å². The number of carbonyl (C=O) groups is 2. The molecule has 2 aliphatic heterocycles. The van der Waals surface area contributed by atoms with Crippen molar-refractivity contribution in [2.45, 2.75) is 51.2 Å². The number of ether oxygens (including phenoxy) is 1. The van der Waals surface area contributed by atoms with Crippen LogP contribution in [0.15, 0.2) is 36.9 Å². The van der Waals surface area contributed by atoms with Gasteiger partial charge in [-0.2, -0.15) is 18.6 Å². The molecular formula is C27H40N6O3S. The zero-order chi connectivity index (χ0) is 25.9. The van der Waals surface area contributed by atoms with E-state index in [1.807, 2.05) is 57.1 Å². The van der Waals surface area contributed by atoms with Crippen molar-refractivity contribution in [1.82, 2.24) is 25.3 Å². The standard InChI is InChI=1S/C27H38N6O3.H2S/c1-6-21(34)15-18-7-9-20(10-8-18)28-25-22-16-33(27(2,3)24(22)30-31-25)26(35)29-23(17-32(4)5)19-11-13-36-14-12-19;/h6-10,19,23H,1,11-17H2,2-5H3,(H,29,35)(H2,28,30,31);1H2/t23-;/m1./s1. The summed E-state index contributed by atoms with van der Waals surface area (Å²) in [6.07, 6.45) is 3.59. The van der Waals surface area contributed by atoms with Crippen LogP contribution in [0.1, 0.15) is 43.5 Å². The Balaban J connectivity index is 0.00000380. The molecule has 4 rings (SSSR count). The van der Waals surface area contributed by atoms with Crippen LogP contribution in [0.2, 0.25) is 0 Å². The second-order valence-electron chi connectivity index (χ2n) is 10.5. The third-order valence-electron chi connectivity index (χ3n) is 7.24. The number of nitrogens with zero attached hydrogens (tertiary/aromatic N) is 3. The van der Waals surface area contributed by atoms with Crippen LogP contribution in [0, 0.1) is 5.92 Å². The van der Waals surface area contributed by atoms with Crippen LogP contribution >= 0.6 is 13.5 Å². The molecule has 3 N–H and O–H groups in total. The van der Waals surface area contributed by atoms with Gasteiger partial charge in [0.15, 0.2) is 11.6 Å². The fourth-order valence-electron chi connectivity index (χ4n) is 5.12. The van der Waals surface area contributed by atoms with Gasteiger partial charge in [-0.25, -0.2) is 4.79 Å². The van der Waals surface area contributed by atoms with E-state index < -0.39 is 5.54 Å². The summed E-state index contributed by atoms with van der Waals surface area (Å²) in [5, 5.41) is 14.4. The molecule has 1 saturated heterocycles. The number of urea groups is 1. The SMILES string of the molecule is C=CC(=O)Cc1ccc(Nc2n[nH]c3c2CN(C(=O)N[C@H](CN(C)C)C2CCOCC2)C3(C)C)cc1.S. The first kappa shape index (κ1) is 28.7. The number of aromatic nitrogens is 2. The molecule has 2 amide bonds. The lowest BCUT2D eigenvalue weighted by Crippen LogP contribution is -2.54. The molecule has 0 radical (unpaired) electrons. The van der Waals surface area contributed by atoms with Crippen molar-refractivity contribution in [2.75, 3.05) is 39.2 Å². The number of fused-ring (bicyclic) bond motifs is 1. The molecule has 1 fully saturated rings. The number of ketones is 1. The zero-order valence-electron chi connectivity index (χ0n) is 22.3. The Labute approximate surface area is 226 Å². The summed E-state index contributed by atoms with van der Waals surface area (Å²) in [5.74, 6) is 1.10. The Morgan fingerprint density at radius 2 is 1.95 bits per heavy atom. The van der Waals surface area contributed by atoms with Gasteiger partial charge in [-0.15, -0.1) is 0 Å². The van der Waals surface area contributed by atoms with Crippen LogP contribution < -0.4 is 10.6 Å². The molecular weight excluding hydrogens is 488 g/mol. The number of likely N-dealkylation sites (N-methyl/N-ethyl adjacent to an activating group) is 1. The van der Waals surface area contributed by atoms with Gasteiger partial charge in [-0.1, -0.05) is 18.7 Å². The Bertz CT molecular complexity index is 1090. The van der Waals surface area contributed by atoms with Crippen LogP contribution in [0.4, 0.5) is 16.3 Å². The lowest BCUT2D eigenvalue weighted by atomic mass is 9.91. The van der Waals surface area contributed by atoms with E-state index in [0.29, 0.717) is 24.7 Å². The molecule has 1 aromatic carbocycles. The summed E-state index contributed by atoms with van der Waals surface area (Å²) in [5.41, 5.74) is 3.18. The monoisotopic (exact) mass is 528 g/mol. The summed E-state index contributed by atoms with van der Waals surface area (Å²) in [6.45, 7) is 10.4. The van der Waals surface area contributed by atoms with Gasteiger partial charge in [0.2, 0.25) is 0 Å². The Hall–Kier alpha value is -2.82. The largest absolute Gasteiger partial charge is 0.381 e. The number of hydrogen-bond acceptors (Lipinski definition) is 6. The number of amides is 2. The van der Waals surface area contributed by atoms with Gasteiger partial charge in [0, 0.05) is 43.5 Å². The first-order chi connectivity index (χ1) is 17.2. The molecule has 0 saturated carbocycles. The first-order valence-electron chi connectivity index (χ1n) is 12.6. The van der Waals surface area contributed by atoms with Crippen molar-refractivity contribution in [3.8, 4) is 0 Å². The fraction of sp³-hybridized carbons (Fsp3) is 0.519. The third kappa shape index (κ3) is 6.55. The number of H-pyrrole nitrogens is 1. The number of allylic oxidation sites excluding steroid dienone is 1. The van der Waals surface area contributed by atoms with Crippen LogP contribution in [0.5, 0.6) is 0 Å². The second-order valence-corrected chi connectivity index (χ2v) is 10.5. The van der Waals surface area contributed by atoms with Crippen molar-refractivity contribution in [2.24, 2.45) is 5.92 Å². The van der Waals surface area contributed by atoms with Crippen molar-refractivity contribution in [3.63, 3.8) is 0 Å². The number of aromatic amines is 1. The van der Waals surface area contributed by atoms with E-state index in [-0.39, 0.29) is 31.4 Å². The van der Waals surface area contributed by atoms with E-state index in [4.69, 9.17) is 4.74 Å². The molecule has 0 bridgehead atoms. The third-order valence-corrected chi connectivity index (χ3v) is 7.24. The van der Waals surface area contributed by atoms with Crippen LogP contribution in [0.3, 0.4) is 0 Å². The molecule has 1 aromatic heterocycles. The summed E-state index contributed by atoms with van der Waals surface area (Å²) in [7, 11) is 4.08. The van der Waals surface area contributed by atoms with Crippen molar-refractivity contribution >= 4 is 36.8 Å². The second kappa shape index (κ2) is 12.1. The van der Waals surface area contributed by atoms with Crippen LogP contribution in [-0.2, 0) is 28.0 Å². The highest BCUT2D eigenvalue weighted by Gasteiger charge is 2.44. The van der Waals surface area contributed by atoms with Crippen LogP contribution in [0.25, 0.3) is 0 Å². The quantitative estimate of drug-likeness (QED) is 0.429. The predicted octanol–water partition coefficient (Wildman–Crippen LogP) is 3.68. The van der Waals surface area contributed by atoms with Gasteiger partial charge in [0.25, 0.3) is 0 Å². The number of hydrogen-bond donors (Lipinski definition) is 3. The Kier molecular flexibility index (Phi) is 9.44. The van der Waals surface area contributed by atoms with E-state index in [0.717, 1.165) is 55.1 Å². The minimum Gasteiger partial charge on any atom is -0.381 e. The van der Waals surface area contributed by atoms with Crippen LogP contribution in [-0.4, -0.2) is 71.7 Å². The van der Waals surface area contributed by atoms with Gasteiger partial charge in [-0.3, -0.25) is 9.89 Å². The van der Waals surface area contributed by atoms with Gasteiger partial charge in [0.1, 0.15) is 0 Å². The smallest absolute Gasteiger partial charge is 0.318 e. The minimum absolute atomic E-state index is 0. The summed E-state index contributed by atoms with van der Waals surface area (Å²) in [6, 6.07) is 7.69. The minimum atomic E-state index is -0.528. The molecule has 37 heavy (non-hydrogen) atoms. The molecule has 0 spiro atoms. The van der Waals surface area contributed by atoms with Crippen molar-refractivity contribution in [3.05, 3.63) is 53.7 Å². The maximum atomic E-state index is 13.6. The Morgan fingerprint density at radius 1 is 1.27 bits per heavy atom. The number of anilines is 2. The molecule has 2 aromatic rings. The number of benzene rings is 1. The molecule has 3 heterocycles. The highest BCUT2D eigenvalue weighted by Crippen LogP contribution is 2.41. The van der Waals surface area contributed by atoms with E-state index in [9.17, 15) is 9.59 Å². The normalized spacial score (nSPS) is 17.6. The van der Waals surface area contributed by atoms with Gasteiger partial charge >= 0.3 is 6.03 Å². The van der Waals surface area contributed by atoms with E-state index in [1.165, 1.54) is 6.08 Å². The maximum absolute atomic E-state index is 13.6. The topological polar surface area (TPSA) is 103 Å².